The van der Waals surface area contributed by atoms with Gasteiger partial charge < -0.3 is 5.11 Å². The Labute approximate surface area is 71.1 Å². The zero-order valence-electron chi connectivity index (χ0n) is 6.90. The minimum atomic E-state index is -0.535. The van der Waals surface area contributed by atoms with Gasteiger partial charge in [-0.3, -0.25) is 4.84 Å². The van der Waals surface area contributed by atoms with Crippen LogP contribution in [-0.4, -0.2) is 18.4 Å². The molecule has 0 saturated carbocycles. The van der Waals surface area contributed by atoms with Gasteiger partial charge >= 0.3 is 0 Å². The lowest BCUT2D eigenvalue weighted by Gasteiger charge is -2.19. The highest BCUT2D eigenvalue weighted by atomic mass is 16.7. The second-order valence-electron chi connectivity index (χ2n) is 2.82. The maximum atomic E-state index is 9.51. The summed E-state index contributed by atoms with van der Waals surface area (Å²) in [4.78, 5) is 5.03. The minimum Gasteiger partial charge on any atom is -0.371 e. The van der Waals surface area contributed by atoms with Crippen molar-refractivity contribution in [3.05, 3.63) is 29.8 Å². The molecule has 0 aliphatic carbocycles. The van der Waals surface area contributed by atoms with Crippen LogP contribution in [0.25, 0.3) is 0 Å². The lowest BCUT2D eigenvalue weighted by molar-refractivity contribution is 0.0453. The zero-order valence-corrected chi connectivity index (χ0v) is 6.90. The number of aliphatic hydroxyl groups is 1. The van der Waals surface area contributed by atoms with Crippen LogP contribution in [0.4, 0.5) is 5.69 Å². The first-order valence-electron chi connectivity index (χ1n) is 3.92. The van der Waals surface area contributed by atoms with E-state index in [2.05, 4.69) is 0 Å². The van der Waals surface area contributed by atoms with E-state index in [1.165, 1.54) is 5.06 Å². The maximum absolute atomic E-state index is 9.51. The minimum absolute atomic E-state index is 0.535. The first-order valence-corrected chi connectivity index (χ1v) is 3.92. The van der Waals surface area contributed by atoms with Crippen molar-refractivity contribution in [3.8, 4) is 0 Å². The molecule has 0 spiro atoms. The molecule has 1 N–H and O–H groups in total. The van der Waals surface area contributed by atoms with Gasteiger partial charge in [-0.05, 0) is 11.6 Å². The molecular formula is C9H11NO2. The first kappa shape index (κ1) is 7.58. The van der Waals surface area contributed by atoms with Crippen LogP contribution in [0.3, 0.4) is 0 Å². The monoisotopic (exact) mass is 165 g/mol. The van der Waals surface area contributed by atoms with Crippen molar-refractivity contribution in [2.45, 2.75) is 12.6 Å². The van der Waals surface area contributed by atoms with Gasteiger partial charge in [0.25, 0.3) is 0 Å². The highest BCUT2D eigenvalue weighted by Crippen LogP contribution is 2.30. The van der Waals surface area contributed by atoms with E-state index in [9.17, 15) is 5.11 Å². The standard InChI is InChI=1S/C9H11NO2/c1-12-10-8-5-3-2-4-7(8)6-9(10)11/h2-5,9,11H,6H2,1H3/t9-/m0/s1. The summed E-state index contributed by atoms with van der Waals surface area (Å²) in [5.41, 5.74) is 2.10. The van der Waals surface area contributed by atoms with Crippen LogP contribution in [0.2, 0.25) is 0 Å². The van der Waals surface area contributed by atoms with Gasteiger partial charge in [-0.25, -0.2) is 5.06 Å². The molecule has 1 heterocycles. The van der Waals surface area contributed by atoms with Crippen LogP contribution in [0.5, 0.6) is 0 Å². The predicted molar refractivity (Wildman–Crippen MR) is 45.6 cm³/mol. The Bertz CT molecular complexity index is 288. The van der Waals surface area contributed by atoms with Gasteiger partial charge in [0.05, 0.1) is 12.8 Å². The second kappa shape index (κ2) is 2.77. The van der Waals surface area contributed by atoms with Crippen LogP contribution < -0.4 is 5.06 Å². The summed E-state index contributed by atoms with van der Waals surface area (Å²) in [7, 11) is 1.56. The zero-order chi connectivity index (χ0) is 8.55. The number of para-hydroxylation sites is 1. The van der Waals surface area contributed by atoms with Gasteiger partial charge in [-0.2, -0.15) is 0 Å². The summed E-state index contributed by atoms with van der Waals surface area (Å²) in [6, 6.07) is 7.83. The number of anilines is 1. The molecule has 1 aliphatic heterocycles. The summed E-state index contributed by atoms with van der Waals surface area (Å²) in [5.74, 6) is 0. The van der Waals surface area contributed by atoms with Crippen LogP contribution in [0.1, 0.15) is 5.56 Å². The summed E-state index contributed by atoms with van der Waals surface area (Å²) < 4.78 is 0. The van der Waals surface area contributed by atoms with Crippen LogP contribution >= 0.6 is 0 Å². The second-order valence-corrected chi connectivity index (χ2v) is 2.82. The molecule has 3 heteroatoms. The third kappa shape index (κ3) is 0.983. The summed E-state index contributed by atoms with van der Waals surface area (Å²) >= 11 is 0. The molecule has 0 bridgehead atoms. The molecule has 0 unspecified atom stereocenters. The number of benzene rings is 1. The normalized spacial score (nSPS) is 21.2. The number of hydroxylamine groups is 1. The number of fused-ring (bicyclic) bond motifs is 1. The Morgan fingerprint density at radius 3 is 3.00 bits per heavy atom. The Morgan fingerprint density at radius 2 is 2.25 bits per heavy atom. The van der Waals surface area contributed by atoms with Gasteiger partial charge in [0.1, 0.15) is 0 Å². The van der Waals surface area contributed by atoms with E-state index in [-0.39, 0.29) is 0 Å². The molecule has 0 fully saturated rings. The predicted octanol–water partition coefficient (Wildman–Crippen LogP) is 0.929. The van der Waals surface area contributed by atoms with Crippen molar-refractivity contribution < 1.29 is 9.94 Å². The lowest BCUT2D eigenvalue weighted by atomic mass is 10.2. The molecule has 1 aromatic rings. The summed E-state index contributed by atoms with van der Waals surface area (Å²) in [6.07, 6.45) is 0.108. The smallest absolute Gasteiger partial charge is 0.155 e. The lowest BCUT2D eigenvalue weighted by Crippen LogP contribution is -2.30. The Morgan fingerprint density at radius 1 is 1.50 bits per heavy atom. The van der Waals surface area contributed by atoms with E-state index in [1.807, 2.05) is 24.3 Å². The molecule has 0 aromatic heterocycles. The third-order valence-electron chi connectivity index (χ3n) is 2.10. The van der Waals surface area contributed by atoms with Gasteiger partial charge in [0.2, 0.25) is 0 Å². The molecule has 12 heavy (non-hydrogen) atoms. The van der Waals surface area contributed by atoms with Gasteiger partial charge in [-0.15, -0.1) is 0 Å². The summed E-state index contributed by atoms with van der Waals surface area (Å²) in [6.45, 7) is 0. The number of aliphatic hydroxyl groups excluding tert-OH is 1. The molecule has 1 aliphatic rings. The van der Waals surface area contributed by atoms with Gasteiger partial charge in [0, 0.05) is 6.42 Å². The van der Waals surface area contributed by atoms with Crippen LogP contribution in [-0.2, 0) is 11.3 Å². The molecular weight excluding hydrogens is 154 g/mol. The van der Waals surface area contributed by atoms with Crippen molar-refractivity contribution in [1.29, 1.82) is 0 Å². The Balaban J connectivity index is 2.40. The molecule has 1 atom stereocenters. The SMILES string of the molecule is CON1c2ccccc2C[C@@H]1O. The maximum Gasteiger partial charge on any atom is 0.155 e. The molecule has 1 aromatic carbocycles. The van der Waals surface area contributed by atoms with Crippen molar-refractivity contribution in [2.24, 2.45) is 0 Å². The Hall–Kier alpha value is -1.06. The average molecular weight is 165 g/mol. The van der Waals surface area contributed by atoms with E-state index in [0.29, 0.717) is 6.42 Å². The molecule has 0 radical (unpaired) electrons. The largest absolute Gasteiger partial charge is 0.371 e. The highest BCUT2D eigenvalue weighted by Gasteiger charge is 2.26. The van der Waals surface area contributed by atoms with E-state index < -0.39 is 6.23 Å². The number of hydrogen-bond acceptors (Lipinski definition) is 3. The van der Waals surface area contributed by atoms with E-state index >= 15 is 0 Å². The number of hydrogen-bond donors (Lipinski definition) is 1. The van der Waals surface area contributed by atoms with Crippen molar-refractivity contribution >= 4 is 5.69 Å². The number of nitrogens with zero attached hydrogens (tertiary/aromatic N) is 1. The third-order valence-corrected chi connectivity index (χ3v) is 2.10. The van der Waals surface area contributed by atoms with E-state index in [4.69, 9.17) is 4.84 Å². The molecule has 64 valence electrons. The molecule has 0 amide bonds. The Kier molecular flexibility index (Phi) is 1.75. The molecule has 0 saturated heterocycles. The number of rotatable bonds is 1. The fourth-order valence-corrected chi connectivity index (χ4v) is 1.56. The van der Waals surface area contributed by atoms with Crippen molar-refractivity contribution in [1.82, 2.24) is 0 Å². The average Bonchev–Trinajstić information content (AvgIpc) is 2.40. The summed E-state index contributed by atoms with van der Waals surface area (Å²) in [5, 5.41) is 11.0. The topological polar surface area (TPSA) is 32.7 Å². The van der Waals surface area contributed by atoms with E-state index in [0.717, 1.165) is 11.3 Å². The quantitative estimate of drug-likeness (QED) is 0.672. The van der Waals surface area contributed by atoms with Crippen molar-refractivity contribution in [3.63, 3.8) is 0 Å². The highest BCUT2D eigenvalue weighted by molar-refractivity contribution is 5.56. The van der Waals surface area contributed by atoms with Gasteiger partial charge in [0.15, 0.2) is 6.23 Å². The molecule has 2 rings (SSSR count). The fourth-order valence-electron chi connectivity index (χ4n) is 1.56. The van der Waals surface area contributed by atoms with Gasteiger partial charge in [-0.1, -0.05) is 18.2 Å². The fraction of sp³-hybridized carbons (Fsp3) is 0.333. The molecule has 3 nitrogen and oxygen atoms in total. The van der Waals surface area contributed by atoms with Crippen LogP contribution in [0.15, 0.2) is 24.3 Å². The van der Waals surface area contributed by atoms with Crippen molar-refractivity contribution in [2.75, 3.05) is 12.2 Å². The van der Waals surface area contributed by atoms with E-state index in [1.54, 1.807) is 7.11 Å². The van der Waals surface area contributed by atoms with Crippen LogP contribution in [0, 0.1) is 0 Å². The first-order chi connectivity index (χ1) is 5.83.